The summed E-state index contributed by atoms with van der Waals surface area (Å²) in [6.45, 7) is 4.40. The number of nitrogens with zero attached hydrogens (tertiary/aromatic N) is 3. The minimum atomic E-state index is 0.311. The molecule has 24 heavy (non-hydrogen) atoms. The van der Waals surface area contributed by atoms with Crippen molar-refractivity contribution in [1.82, 2.24) is 20.1 Å². The molecule has 122 valence electrons. The van der Waals surface area contributed by atoms with Crippen LogP contribution in [0, 0.1) is 6.92 Å². The molecule has 0 amide bonds. The van der Waals surface area contributed by atoms with Crippen molar-refractivity contribution < 1.29 is 0 Å². The Morgan fingerprint density at radius 3 is 2.75 bits per heavy atom. The van der Waals surface area contributed by atoms with Gasteiger partial charge < -0.3 is 5.32 Å². The molecule has 0 radical (unpaired) electrons. The molecule has 1 aliphatic rings. The van der Waals surface area contributed by atoms with Crippen LogP contribution in [-0.4, -0.2) is 14.8 Å². The van der Waals surface area contributed by atoms with Crippen LogP contribution in [0.15, 0.2) is 55.1 Å². The first-order chi connectivity index (χ1) is 11.7. The van der Waals surface area contributed by atoms with Crippen molar-refractivity contribution in [3.8, 4) is 5.69 Å². The number of nitrogens with one attached hydrogen (secondary N) is 1. The lowest BCUT2D eigenvalue weighted by atomic mass is 10.0. The van der Waals surface area contributed by atoms with Gasteiger partial charge in [0.1, 0.15) is 12.7 Å². The van der Waals surface area contributed by atoms with Crippen LogP contribution < -0.4 is 5.32 Å². The Hall–Kier alpha value is -2.46. The third kappa shape index (κ3) is 2.85. The molecule has 1 heterocycles. The summed E-state index contributed by atoms with van der Waals surface area (Å²) in [6.07, 6.45) is 5.62. The topological polar surface area (TPSA) is 42.7 Å². The van der Waals surface area contributed by atoms with E-state index in [1.807, 2.05) is 0 Å². The van der Waals surface area contributed by atoms with E-state index in [1.54, 1.807) is 17.3 Å². The maximum absolute atomic E-state index is 4.17. The van der Waals surface area contributed by atoms with Crippen molar-refractivity contribution in [2.45, 2.75) is 38.8 Å². The molecular formula is C20H22N4. The molecule has 1 N–H and O–H groups in total. The van der Waals surface area contributed by atoms with Crippen LogP contribution >= 0.6 is 0 Å². The van der Waals surface area contributed by atoms with Gasteiger partial charge >= 0.3 is 0 Å². The highest BCUT2D eigenvalue weighted by Crippen LogP contribution is 2.33. The van der Waals surface area contributed by atoms with Crippen LogP contribution in [-0.2, 0) is 6.42 Å². The summed E-state index contributed by atoms with van der Waals surface area (Å²) in [5, 5.41) is 7.97. The normalized spacial score (nSPS) is 17.7. The highest BCUT2D eigenvalue weighted by Gasteiger charge is 2.23. The highest BCUT2D eigenvalue weighted by molar-refractivity contribution is 5.38. The molecule has 0 unspecified atom stereocenters. The van der Waals surface area contributed by atoms with Crippen LogP contribution in [0.5, 0.6) is 0 Å². The predicted octanol–water partition coefficient (Wildman–Crippen LogP) is 3.91. The van der Waals surface area contributed by atoms with E-state index in [-0.39, 0.29) is 0 Å². The van der Waals surface area contributed by atoms with Crippen molar-refractivity contribution >= 4 is 0 Å². The summed E-state index contributed by atoms with van der Waals surface area (Å²) < 4.78 is 1.78. The first-order valence-corrected chi connectivity index (χ1v) is 8.51. The van der Waals surface area contributed by atoms with E-state index < -0.39 is 0 Å². The van der Waals surface area contributed by atoms with E-state index >= 15 is 0 Å². The number of rotatable bonds is 4. The zero-order valence-corrected chi connectivity index (χ0v) is 14.1. The Morgan fingerprint density at radius 2 is 2.00 bits per heavy atom. The van der Waals surface area contributed by atoms with Crippen LogP contribution in [0.4, 0.5) is 0 Å². The van der Waals surface area contributed by atoms with E-state index in [1.165, 1.54) is 35.1 Å². The Balaban J connectivity index is 1.49. The van der Waals surface area contributed by atoms with Crippen molar-refractivity contribution in [1.29, 1.82) is 0 Å². The van der Waals surface area contributed by atoms with E-state index in [9.17, 15) is 0 Å². The van der Waals surface area contributed by atoms with Crippen LogP contribution in [0.3, 0.4) is 0 Å². The van der Waals surface area contributed by atoms with Crippen LogP contribution in [0.25, 0.3) is 5.69 Å². The fraction of sp³-hybridized carbons (Fsp3) is 0.300. The van der Waals surface area contributed by atoms with Crippen molar-refractivity contribution in [2.75, 3.05) is 0 Å². The minimum Gasteiger partial charge on any atom is -0.303 e. The lowest BCUT2D eigenvalue weighted by Crippen LogP contribution is -2.23. The summed E-state index contributed by atoms with van der Waals surface area (Å²) in [6, 6.07) is 16.1. The Bertz CT molecular complexity index is 821. The molecule has 0 aliphatic heterocycles. The standard InChI is InChI=1S/C20H22N4/c1-14-3-4-17-7-10-20(19(17)11-14)23-15(2)16-5-8-18(9-6-16)24-13-21-12-22-24/h3-6,8-9,11-13,15,20,23H,7,10H2,1-2H3/t15-,20-/m0/s1. The van der Waals surface area contributed by atoms with E-state index in [4.69, 9.17) is 0 Å². The fourth-order valence-corrected chi connectivity index (χ4v) is 3.55. The second-order valence-corrected chi connectivity index (χ2v) is 6.61. The second kappa shape index (κ2) is 6.21. The molecule has 4 nitrogen and oxygen atoms in total. The smallest absolute Gasteiger partial charge is 0.138 e. The molecule has 0 saturated heterocycles. The monoisotopic (exact) mass is 318 g/mol. The quantitative estimate of drug-likeness (QED) is 0.793. The Kier molecular flexibility index (Phi) is 3.90. The summed E-state index contributed by atoms with van der Waals surface area (Å²) in [4.78, 5) is 3.99. The van der Waals surface area contributed by atoms with Gasteiger partial charge in [0, 0.05) is 12.1 Å². The number of aryl methyl sites for hydroxylation is 2. The molecule has 4 heteroatoms. The van der Waals surface area contributed by atoms with Gasteiger partial charge in [0.2, 0.25) is 0 Å². The maximum Gasteiger partial charge on any atom is 0.138 e. The molecule has 2 atom stereocenters. The summed E-state index contributed by atoms with van der Waals surface area (Å²) in [5.74, 6) is 0. The molecule has 0 fully saturated rings. The molecule has 3 aromatic rings. The van der Waals surface area contributed by atoms with Gasteiger partial charge in [-0.05, 0) is 55.5 Å². The van der Waals surface area contributed by atoms with Gasteiger partial charge in [-0.25, -0.2) is 9.67 Å². The van der Waals surface area contributed by atoms with Crippen molar-refractivity contribution in [3.63, 3.8) is 0 Å². The van der Waals surface area contributed by atoms with Crippen LogP contribution in [0.2, 0.25) is 0 Å². The number of hydrogen-bond acceptors (Lipinski definition) is 3. The van der Waals surface area contributed by atoms with E-state index in [2.05, 4.69) is 71.7 Å². The molecule has 1 aromatic heterocycles. The molecule has 2 aromatic carbocycles. The van der Waals surface area contributed by atoms with Crippen molar-refractivity contribution in [2.24, 2.45) is 0 Å². The van der Waals surface area contributed by atoms with Gasteiger partial charge in [0.25, 0.3) is 0 Å². The minimum absolute atomic E-state index is 0.311. The Labute approximate surface area is 142 Å². The second-order valence-electron chi connectivity index (χ2n) is 6.61. The molecular weight excluding hydrogens is 296 g/mol. The third-order valence-corrected chi connectivity index (χ3v) is 4.91. The third-order valence-electron chi connectivity index (χ3n) is 4.91. The van der Waals surface area contributed by atoms with E-state index in [0.717, 1.165) is 5.69 Å². The number of fused-ring (bicyclic) bond motifs is 1. The van der Waals surface area contributed by atoms with Gasteiger partial charge in [-0.15, -0.1) is 0 Å². The lowest BCUT2D eigenvalue weighted by molar-refractivity contribution is 0.465. The van der Waals surface area contributed by atoms with Crippen molar-refractivity contribution in [3.05, 3.63) is 77.4 Å². The maximum atomic E-state index is 4.17. The Morgan fingerprint density at radius 1 is 1.17 bits per heavy atom. The lowest BCUT2D eigenvalue weighted by Gasteiger charge is -2.21. The molecule has 0 bridgehead atoms. The van der Waals surface area contributed by atoms with Gasteiger partial charge in [-0.1, -0.05) is 35.9 Å². The van der Waals surface area contributed by atoms with Gasteiger partial charge in [-0.3, -0.25) is 0 Å². The first-order valence-electron chi connectivity index (χ1n) is 8.51. The SMILES string of the molecule is Cc1ccc2c(c1)[C@@H](N[C@@H](C)c1ccc(-n3cncn3)cc1)CC2. The number of benzene rings is 2. The zero-order chi connectivity index (χ0) is 16.5. The van der Waals surface area contributed by atoms with Gasteiger partial charge in [0.05, 0.1) is 5.69 Å². The summed E-state index contributed by atoms with van der Waals surface area (Å²) >= 11 is 0. The average Bonchev–Trinajstić information content (AvgIpc) is 3.25. The van der Waals surface area contributed by atoms with Crippen LogP contribution in [0.1, 0.15) is 47.7 Å². The number of aromatic nitrogens is 3. The van der Waals surface area contributed by atoms with E-state index in [0.29, 0.717) is 12.1 Å². The number of hydrogen-bond donors (Lipinski definition) is 1. The molecule has 0 spiro atoms. The predicted molar refractivity (Wildman–Crippen MR) is 95.2 cm³/mol. The first kappa shape index (κ1) is 15.1. The highest BCUT2D eigenvalue weighted by atomic mass is 15.3. The molecule has 4 rings (SSSR count). The largest absolute Gasteiger partial charge is 0.303 e. The van der Waals surface area contributed by atoms with Gasteiger partial charge in [-0.2, -0.15) is 5.10 Å². The summed E-state index contributed by atoms with van der Waals surface area (Å²) in [5.41, 5.74) is 6.63. The zero-order valence-electron chi connectivity index (χ0n) is 14.1. The summed E-state index contributed by atoms with van der Waals surface area (Å²) in [7, 11) is 0. The van der Waals surface area contributed by atoms with Gasteiger partial charge in [0.15, 0.2) is 0 Å². The molecule has 0 saturated carbocycles. The average molecular weight is 318 g/mol. The molecule has 1 aliphatic carbocycles. The fourth-order valence-electron chi connectivity index (χ4n) is 3.55.